The molecule has 2 aromatic rings. The minimum Gasteiger partial charge on any atom is -0.507 e. The maximum atomic E-state index is 11.6. The number of halogens is 3. The van der Waals surface area contributed by atoms with E-state index in [4.69, 9.17) is 39.5 Å². The molecular weight excluding hydrogens is 363 g/mol. The largest absolute Gasteiger partial charge is 0.507 e. The number of rotatable bonds is 5. The van der Waals surface area contributed by atoms with E-state index in [0.29, 0.717) is 10.6 Å². The predicted molar refractivity (Wildman–Crippen MR) is 90.8 cm³/mol. The molecule has 120 valence electrons. The van der Waals surface area contributed by atoms with Crippen LogP contribution in [0, 0.1) is 0 Å². The summed E-state index contributed by atoms with van der Waals surface area (Å²) in [6.45, 7) is -0.310. The molecule has 5 nitrogen and oxygen atoms in total. The number of hydrogen-bond acceptors (Lipinski definition) is 4. The van der Waals surface area contributed by atoms with Crippen molar-refractivity contribution in [3.05, 3.63) is 57.0 Å². The molecule has 0 atom stereocenters. The van der Waals surface area contributed by atoms with E-state index in [1.54, 1.807) is 18.2 Å². The first-order valence-corrected chi connectivity index (χ1v) is 7.48. The highest BCUT2D eigenvalue weighted by molar-refractivity contribution is 6.43. The highest BCUT2D eigenvalue weighted by Crippen LogP contribution is 2.33. The second-order valence-electron chi connectivity index (χ2n) is 4.34. The lowest BCUT2D eigenvalue weighted by Crippen LogP contribution is -2.24. The highest BCUT2D eigenvalue weighted by Gasteiger charge is 2.09. The van der Waals surface area contributed by atoms with Crippen LogP contribution in [0.3, 0.4) is 0 Å². The minimum atomic E-state index is -0.501. The van der Waals surface area contributed by atoms with Gasteiger partial charge in [-0.1, -0.05) is 46.9 Å². The van der Waals surface area contributed by atoms with Gasteiger partial charge in [0.15, 0.2) is 6.61 Å². The van der Waals surface area contributed by atoms with Crippen LogP contribution in [-0.2, 0) is 4.79 Å². The van der Waals surface area contributed by atoms with Crippen LogP contribution in [0.1, 0.15) is 5.56 Å². The first kappa shape index (κ1) is 17.4. The monoisotopic (exact) mass is 372 g/mol. The van der Waals surface area contributed by atoms with E-state index in [2.05, 4.69) is 10.5 Å². The van der Waals surface area contributed by atoms with Crippen molar-refractivity contribution in [3.63, 3.8) is 0 Å². The Morgan fingerprint density at radius 1 is 1.17 bits per heavy atom. The van der Waals surface area contributed by atoms with Crippen molar-refractivity contribution in [2.75, 3.05) is 6.61 Å². The third-order valence-electron chi connectivity index (χ3n) is 2.66. The first-order valence-electron chi connectivity index (χ1n) is 6.34. The summed E-state index contributed by atoms with van der Waals surface area (Å²) in [6, 6.07) is 9.42. The summed E-state index contributed by atoms with van der Waals surface area (Å²) in [4.78, 5) is 11.6. The van der Waals surface area contributed by atoms with Gasteiger partial charge in [0.25, 0.3) is 5.91 Å². The number of para-hydroxylation sites is 1. The lowest BCUT2D eigenvalue weighted by Gasteiger charge is -2.08. The number of hydrogen-bond donors (Lipinski definition) is 2. The van der Waals surface area contributed by atoms with Crippen LogP contribution in [0.15, 0.2) is 41.5 Å². The Labute approximate surface area is 147 Å². The average Bonchev–Trinajstić information content (AvgIpc) is 2.51. The molecule has 8 heteroatoms. The second kappa shape index (κ2) is 8.06. The number of amides is 1. The zero-order valence-corrected chi connectivity index (χ0v) is 13.9. The van der Waals surface area contributed by atoms with Crippen molar-refractivity contribution < 1.29 is 14.6 Å². The molecule has 0 spiro atoms. The van der Waals surface area contributed by atoms with Gasteiger partial charge in [0.2, 0.25) is 0 Å². The van der Waals surface area contributed by atoms with Gasteiger partial charge in [-0.2, -0.15) is 5.10 Å². The Morgan fingerprint density at radius 3 is 2.61 bits per heavy atom. The molecule has 0 saturated carbocycles. The number of carbonyl (C=O) groups is 1. The van der Waals surface area contributed by atoms with Crippen LogP contribution < -0.4 is 10.2 Å². The van der Waals surface area contributed by atoms with E-state index in [0.717, 1.165) is 0 Å². The number of phenolic OH excluding ortho intramolecular Hbond substituents is 1. The van der Waals surface area contributed by atoms with Gasteiger partial charge in [-0.3, -0.25) is 4.79 Å². The van der Waals surface area contributed by atoms with Crippen molar-refractivity contribution in [3.8, 4) is 11.5 Å². The SMILES string of the molecule is O=C(COc1cc(Cl)c(Cl)cc1Cl)N/N=C/c1ccccc1O. The third-order valence-corrected chi connectivity index (χ3v) is 3.68. The number of carbonyl (C=O) groups excluding carboxylic acids is 1. The number of nitrogens with zero attached hydrogens (tertiary/aromatic N) is 1. The van der Waals surface area contributed by atoms with E-state index in [1.165, 1.54) is 24.4 Å². The van der Waals surface area contributed by atoms with Crippen molar-refractivity contribution in [2.45, 2.75) is 0 Å². The van der Waals surface area contributed by atoms with Gasteiger partial charge in [-0.25, -0.2) is 5.43 Å². The molecule has 23 heavy (non-hydrogen) atoms. The van der Waals surface area contributed by atoms with Gasteiger partial charge in [0.05, 0.1) is 21.3 Å². The second-order valence-corrected chi connectivity index (χ2v) is 5.56. The van der Waals surface area contributed by atoms with Gasteiger partial charge in [-0.15, -0.1) is 0 Å². The van der Waals surface area contributed by atoms with Gasteiger partial charge < -0.3 is 9.84 Å². The molecule has 2 aromatic carbocycles. The van der Waals surface area contributed by atoms with Crippen molar-refractivity contribution in [2.24, 2.45) is 5.10 Å². The van der Waals surface area contributed by atoms with Crippen LogP contribution in [0.5, 0.6) is 11.5 Å². The van der Waals surface area contributed by atoms with E-state index in [1.807, 2.05) is 0 Å². The summed E-state index contributed by atoms with van der Waals surface area (Å²) < 4.78 is 5.25. The van der Waals surface area contributed by atoms with Crippen LogP contribution in [0.4, 0.5) is 0 Å². The van der Waals surface area contributed by atoms with E-state index < -0.39 is 5.91 Å². The van der Waals surface area contributed by atoms with E-state index >= 15 is 0 Å². The Hall–Kier alpha value is -1.95. The normalized spacial score (nSPS) is 10.7. The number of benzene rings is 2. The maximum absolute atomic E-state index is 11.6. The molecule has 1 amide bonds. The lowest BCUT2D eigenvalue weighted by molar-refractivity contribution is -0.123. The number of phenols is 1. The van der Waals surface area contributed by atoms with E-state index in [9.17, 15) is 9.90 Å². The summed E-state index contributed by atoms with van der Waals surface area (Å²) in [5, 5.41) is 14.1. The van der Waals surface area contributed by atoms with Crippen molar-refractivity contribution in [1.82, 2.24) is 5.43 Å². The van der Waals surface area contributed by atoms with Crippen LogP contribution in [0.2, 0.25) is 15.1 Å². The standard InChI is InChI=1S/C15H11Cl3N2O3/c16-10-5-12(18)14(6-11(10)17)23-8-15(22)20-19-7-9-3-1-2-4-13(9)21/h1-7,21H,8H2,(H,20,22)/b19-7+. The molecule has 0 aliphatic carbocycles. The molecule has 0 aliphatic heterocycles. The molecule has 0 heterocycles. The first-order chi connectivity index (χ1) is 11.0. The number of hydrazone groups is 1. The smallest absolute Gasteiger partial charge is 0.277 e. The fourth-order valence-electron chi connectivity index (χ4n) is 1.56. The Kier molecular flexibility index (Phi) is 6.10. The molecule has 2 N–H and O–H groups in total. The lowest BCUT2D eigenvalue weighted by atomic mass is 10.2. The molecule has 0 aromatic heterocycles. The molecular formula is C15H11Cl3N2O3. The summed E-state index contributed by atoms with van der Waals surface area (Å²) in [7, 11) is 0. The molecule has 0 aliphatic rings. The van der Waals surface area contributed by atoms with Crippen LogP contribution >= 0.6 is 34.8 Å². The zero-order valence-electron chi connectivity index (χ0n) is 11.6. The summed E-state index contributed by atoms with van der Waals surface area (Å²) >= 11 is 17.6. The van der Waals surface area contributed by atoms with Gasteiger partial charge in [0, 0.05) is 11.6 Å². The van der Waals surface area contributed by atoms with Crippen molar-refractivity contribution in [1.29, 1.82) is 0 Å². The quantitative estimate of drug-likeness (QED) is 0.474. The average molecular weight is 374 g/mol. The molecule has 0 bridgehead atoms. The predicted octanol–water partition coefficient (Wildman–Crippen LogP) is 3.88. The molecule has 0 fully saturated rings. The highest BCUT2D eigenvalue weighted by atomic mass is 35.5. The maximum Gasteiger partial charge on any atom is 0.277 e. The van der Waals surface area contributed by atoms with Gasteiger partial charge in [-0.05, 0) is 18.2 Å². The van der Waals surface area contributed by atoms with Gasteiger partial charge >= 0.3 is 0 Å². The summed E-state index contributed by atoms with van der Waals surface area (Å²) in [5.74, 6) is -0.205. The Morgan fingerprint density at radius 2 is 1.87 bits per heavy atom. The summed E-state index contributed by atoms with van der Waals surface area (Å²) in [5.41, 5.74) is 2.74. The Balaban J connectivity index is 1.89. The number of ether oxygens (including phenoxy) is 1. The number of nitrogens with one attached hydrogen (secondary N) is 1. The van der Waals surface area contributed by atoms with E-state index in [-0.39, 0.29) is 28.2 Å². The number of aromatic hydroxyl groups is 1. The van der Waals surface area contributed by atoms with Gasteiger partial charge in [0.1, 0.15) is 11.5 Å². The molecule has 0 radical (unpaired) electrons. The van der Waals surface area contributed by atoms with Crippen molar-refractivity contribution >= 4 is 46.9 Å². The molecule has 0 saturated heterocycles. The van der Waals surface area contributed by atoms with Crippen LogP contribution in [-0.4, -0.2) is 23.8 Å². The zero-order chi connectivity index (χ0) is 16.8. The van der Waals surface area contributed by atoms with Crippen LogP contribution in [0.25, 0.3) is 0 Å². The third kappa shape index (κ3) is 5.03. The Bertz CT molecular complexity index is 751. The molecule has 2 rings (SSSR count). The summed E-state index contributed by atoms with van der Waals surface area (Å²) in [6.07, 6.45) is 1.32. The molecule has 0 unspecified atom stereocenters. The fourth-order valence-corrected chi connectivity index (χ4v) is 2.15. The fraction of sp³-hybridized carbons (Fsp3) is 0.0667. The topological polar surface area (TPSA) is 70.9 Å². The minimum absolute atomic E-state index is 0.0596.